The molecule has 2 unspecified atom stereocenters. The zero-order chi connectivity index (χ0) is 13.5. The molecule has 0 saturated heterocycles. The Kier molecular flexibility index (Phi) is 2.78. The molecule has 1 aliphatic heterocycles. The molecule has 4 heteroatoms. The highest BCUT2D eigenvalue weighted by Crippen LogP contribution is 2.45. The Morgan fingerprint density at radius 1 is 0.895 bits per heavy atom. The van der Waals surface area contributed by atoms with E-state index >= 15 is 0 Å². The van der Waals surface area contributed by atoms with Crippen LogP contribution in [0.25, 0.3) is 0 Å². The first kappa shape index (κ1) is 12.2. The van der Waals surface area contributed by atoms with E-state index in [1.807, 2.05) is 6.07 Å². The van der Waals surface area contributed by atoms with Crippen molar-refractivity contribution in [1.82, 2.24) is 0 Å². The number of hydrogen-bond acceptors (Lipinski definition) is 4. The van der Waals surface area contributed by atoms with Gasteiger partial charge in [0.1, 0.15) is 11.7 Å². The minimum atomic E-state index is -2.17. The van der Waals surface area contributed by atoms with Gasteiger partial charge in [0.2, 0.25) is 12.1 Å². The maximum absolute atomic E-state index is 10.4. The maximum atomic E-state index is 10.4. The van der Waals surface area contributed by atoms with Crippen molar-refractivity contribution >= 4 is 0 Å². The smallest absolute Gasteiger partial charge is 0.209 e. The lowest BCUT2D eigenvalue weighted by Gasteiger charge is -2.40. The predicted molar refractivity (Wildman–Crippen MR) is 68.4 cm³/mol. The van der Waals surface area contributed by atoms with Crippen LogP contribution in [-0.2, 0) is 5.79 Å². The second-order valence-electron chi connectivity index (χ2n) is 4.62. The quantitative estimate of drug-likeness (QED) is 0.675. The molecule has 0 radical (unpaired) electrons. The van der Waals surface area contributed by atoms with Gasteiger partial charge in [0.15, 0.2) is 0 Å². The molecule has 2 aromatic rings. The van der Waals surface area contributed by atoms with Crippen LogP contribution in [0.5, 0.6) is 5.75 Å². The van der Waals surface area contributed by atoms with E-state index in [4.69, 9.17) is 4.74 Å². The van der Waals surface area contributed by atoms with E-state index in [0.29, 0.717) is 5.56 Å². The van der Waals surface area contributed by atoms with Crippen LogP contribution in [0.4, 0.5) is 0 Å². The molecule has 3 N–H and O–H groups in total. The van der Waals surface area contributed by atoms with Crippen LogP contribution in [0.2, 0.25) is 0 Å². The van der Waals surface area contributed by atoms with Gasteiger partial charge in [-0.25, -0.2) is 0 Å². The molecule has 98 valence electrons. The normalized spacial score (nSPS) is 24.4. The summed E-state index contributed by atoms with van der Waals surface area (Å²) >= 11 is 0. The maximum Gasteiger partial charge on any atom is 0.209 e. The molecule has 0 bridgehead atoms. The predicted octanol–water partition coefficient (Wildman–Crippen LogP) is 1.32. The zero-order valence-corrected chi connectivity index (χ0v) is 10.1. The number of ether oxygens (including phenoxy) is 1. The zero-order valence-electron chi connectivity index (χ0n) is 10.1. The van der Waals surface area contributed by atoms with E-state index in [0.717, 1.165) is 0 Å². The summed E-state index contributed by atoms with van der Waals surface area (Å²) in [6.07, 6.45) is -1.31. The number of para-hydroxylation sites is 1. The molecule has 1 aliphatic rings. The van der Waals surface area contributed by atoms with Crippen molar-refractivity contribution in [2.75, 3.05) is 0 Å². The van der Waals surface area contributed by atoms with E-state index in [1.165, 1.54) is 0 Å². The molecule has 3 rings (SSSR count). The third-order valence-electron chi connectivity index (χ3n) is 3.41. The van der Waals surface area contributed by atoms with Crippen LogP contribution in [-0.4, -0.2) is 21.6 Å². The third kappa shape index (κ3) is 1.90. The average molecular weight is 258 g/mol. The van der Waals surface area contributed by atoms with Gasteiger partial charge < -0.3 is 20.1 Å². The fraction of sp³-hybridized carbons (Fsp3) is 0.200. The van der Waals surface area contributed by atoms with Gasteiger partial charge in [-0.05, 0) is 17.7 Å². The van der Waals surface area contributed by atoms with Crippen molar-refractivity contribution in [3.8, 4) is 5.75 Å². The van der Waals surface area contributed by atoms with Crippen molar-refractivity contribution in [3.63, 3.8) is 0 Å². The van der Waals surface area contributed by atoms with E-state index in [1.54, 1.807) is 48.5 Å². The first-order chi connectivity index (χ1) is 9.10. The molecule has 2 atom stereocenters. The van der Waals surface area contributed by atoms with Gasteiger partial charge in [0, 0.05) is 0 Å². The topological polar surface area (TPSA) is 69.9 Å². The second kappa shape index (κ2) is 4.35. The monoisotopic (exact) mass is 258 g/mol. The first-order valence-corrected chi connectivity index (χ1v) is 6.04. The van der Waals surface area contributed by atoms with Gasteiger partial charge in [-0.1, -0.05) is 42.5 Å². The summed E-state index contributed by atoms with van der Waals surface area (Å²) in [6.45, 7) is 0. The minimum absolute atomic E-state index is 0.258. The van der Waals surface area contributed by atoms with Crippen molar-refractivity contribution < 1.29 is 20.1 Å². The number of benzene rings is 2. The number of rotatable bonds is 1. The third-order valence-corrected chi connectivity index (χ3v) is 3.41. The van der Waals surface area contributed by atoms with Crippen molar-refractivity contribution in [2.24, 2.45) is 0 Å². The van der Waals surface area contributed by atoms with Crippen LogP contribution >= 0.6 is 0 Å². The summed E-state index contributed by atoms with van der Waals surface area (Å²) in [5.74, 6) is -2.84. The van der Waals surface area contributed by atoms with Crippen LogP contribution in [0.1, 0.15) is 17.0 Å². The minimum Gasteiger partial charge on any atom is -0.464 e. The van der Waals surface area contributed by atoms with Crippen LogP contribution in [0.15, 0.2) is 54.6 Å². The number of hydrogen-bond donors (Lipinski definition) is 3. The van der Waals surface area contributed by atoms with Crippen LogP contribution in [0.3, 0.4) is 0 Å². The van der Waals surface area contributed by atoms with Gasteiger partial charge in [-0.2, -0.15) is 0 Å². The van der Waals surface area contributed by atoms with E-state index < -0.39 is 18.0 Å². The Balaban J connectivity index is 2.12. The lowest BCUT2D eigenvalue weighted by atomic mass is 9.83. The van der Waals surface area contributed by atoms with Crippen molar-refractivity contribution in [3.05, 3.63) is 65.7 Å². The summed E-state index contributed by atoms with van der Waals surface area (Å²) in [5, 5.41) is 30.9. The molecule has 4 nitrogen and oxygen atoms in total. The lowest BCUT2D eigenvalue weighted by molar-refractivity contribution is -0.244. The van der Waals surface area contributed by atoms with E-state index in [9.17, 15) is 15.3 Å². The van der Waals surface area contributed by atoms with Crippen LogP contribution in [0, 0.1) is 0 Å². The summed E-state index contributed by atoms with van der Waals surface area (Å²) in [7, 11) is 0. The summed E-state index contributed by atoms with van der Waals surface area (Å²) < 4.78 is 5.37. The lowest BCUT2D eigenvalue weighted by Crippen LogP contribution is -2.46. The fourth-order valence-electron chi connectivity index (χ4n) is 2.50. The number of aliphatic hydroxyl groups is 3. The average Bonchev–Trinajstić information content (AvgIpc) is 2.39. The number of aliphatic hydroxyl groups excluding tert-OH is 1. The van der Waals surface area contributed by atoms with E-state index in [-0.39, 0.29) is 11.3 Å². The SMILES string of the molecule is OC1Oc2ccccc2C(O)(O)C1c1ccccc1. The van der Waals surface area contributed by atoms with Crippen molar-refractivity contribution in [2.45, 2.75) is 18.0 Å². The first-order valence-electron chi connectivity index (χ1n) is 6.04. The van der Waals surface area contributed by atoms with Gasteiger partial charge >= 0.3 is 0 Å². The Hall–Kier alpha value is -1.88. The highest BCUT2D eigenvalue weighted by atomic mass is 16.6. The Morgan fingerprint density at radius 2 is 1.53 bits per heavy atom. The summed E-state index contributed by atoms with van der Waals surface area (Å²) in [4.78, 5) is 0. The molecular weight excluding hydrogens is 244 g/mol. The van der Waals surface area contributed by atoms with Gasteiger partial charge in [0.05, 0.1) is 5.56 Å². The van der Waals surface area contributed by atoms with Gasteiger partial charge in [-0.15, -0.1) is 0 Å². The van der Waals surface area contributed by atoms with Crippen molar-refractivity contribution in [1.29, 1.82) is 0 Å². The molecule has 0 fully saturated rings. The Labute approximate surface area is 110 Å². The molecule has 19 heavy (non-hydrogen) atoms. The summed E-state index contributed by atoms with van der Waals surface area (Å²) in [5.41, 5.74) is 0.864. The highest BCUT2D eigenvalue weighted by molar-refractivity contribution is 5.42. The Bertz CT molecular complexity index is 580. The van der Waals surface area contributed by atoms with Gasteiger partial charge in [-0.3, -0.25) is 0 Å². The molecule has 0 aliphatic carbocycles. The Morgan fingerprint density at radius 3 is 2.26 bits per heavy atom. The van der Waals surface area contributed by atoms with E-state index in [2.05, 4.69) is 0 Å². The molecule has 1 heterocycles. The largest absolute Gasteiger partial charge is 0.464 e. The van der Waals surface area contributed by atoms with Crippen LogP contribution < -0.4 is 4.74 Å². The highest BCUT2D eigenvalue weighted by Gasteiger charge is 2.48. The second-order valence-corrected chi connectivity index (χ2v) is 4.62. The fourth-order valence-corrected chi connectivity index (χ4v) is 2.50. The standard InChI is InChI=1S/C15H14O4/c16-14-13(10-6-2-1-3-7-10)15(17,18)11-8-4-5-9-12(11)19-14/h1-9,13-14,16-18H. The molecule has 2 aromatic carbocycles. The summed E-state index contributed by atoms with van der Waals surface area (Å²) in [6, 6.07) is 15.4. The molecule has 0 saturated carbocycles. The van der Waals surface area contributed by atoms with Gasteiger partial charge in [0.25, 0.3) is 0 Å². The molecular formula is C15H14O4. The molecule has 0 amide bonds. The number of fused-ring (bicyclic) bond motifs is 1. The molecule has 0 aromatic heterocycles. The molecule has 0 spiro atoms.